The van der Waals surface area contributed by atoms with E-state index in [0.29, 0.717) is 0 Å². The summed E-state index contributed by atoms with van der Waals surface area (Å²) in [5, 5.41) is 1.90. The molecule has 2 aromatic rings. The number of nitrogens with zero attached hydrogens (tertiary/aromatic N) is 2. The predicted molar refractivity (Wildman–Crippen MR) is 76.3 cm³/mol. The van der Waals surface area contributed by atoms with E-state index < -0.39 is 0 Å². The van der Waals surface area contributed by atoms with Crippen molar-refractivity contribution >= 4 is 61.6 Å². The molecule has 1 heterocycles. The Morgan fingerprint density at radius 3 is 2.93 bits per heavy atom. The monoisotopic (exact) mass is 352 g/mol. The topological polar surface area (TPSA) is 16.1 Å². The van der Waals surface area contributed by atoms with E-state index in [0.717, 1.165) is 31.0 Å². The summed E-state index contributed by atoms with van der Waals surface area (Å²) in [6.07, 6.45) is 0. The van der Waals surface area contributed by atoms with E-state index in [2.05, 4.69) is 44.9 Å². The average Bonchev–Trinajstić information content (AvgIpc) is 2.67. The summed E-state index contributed by atoms with van der Waals surface area (Å²) in [6.45, 7) is 3.04. The molecule has 0 saturated carbocycles. The molecule has 0 bridgehead atoms. The number of anilines is 1. The van der Waals surface area contributed by atoms with Crippen molar-refractivity contribution in [1.82, 2.24) is 4.37 Å². The zero-order valence-corrected chi connectivity index (χ0v) is 12.2. The number of benzene rings is 1. The molecule has 0 radical (unpaired) electrons. The molecule has 2 rings (SSSR count). The van der Waals surface area contributed by atoms with Crippen LogP contribution in [0.5, 0.6) is 0 Å². The van der Waals surface area contributed by atoms with Crippen LogP contribution in [0.4, 0.5) is 5.82 Å². The summed E-state index contributed by atoms with van der Waals surface area (Å²) in [5.41, 5.74) is 0. The van der Waals surface area contributed by atoms with Crippen LogP contribution in [0.2, 0.25) is 5.02 Å². The Balaban J connectivity index is 2.72. The highest BCUT2D eigenvalue weighted by atomic mass is 127. The van der Waals surface area contributed by atoms with Gasteiger partial charge in [-0.15, -0.1) is 0 Å². The Morgan fingerprint density at radius 2 is 2.27 bits per heavy atom. The van der Waals surface area contributed by atoms with E-state index in [4.69, 9.17) is 11.6 Å². The van der Waals surface area contributed by atoms with Gasteiger partial charge in [0.05, 0.1) is 15.1 Å². The van der Waals surface area contributed by atoms with E-state index in [9.17, 15) is 0 Å². The van der Waals surface area contributed by atoms with Crippen LogP contribution in [0.3, 0.4) is 0 Å². The van der Waals surface area contributed by atoms with Crippen LogP contribution < -0.4 is 4.90 Å². The molecule has 15 heavy (non-hydrogen) atoms. The third-order valence-electron chi connectivity index (χ3n) is 2.35. The number of halogens is 2. The molecule has 0 atom stereocenters. The van der Waals surface area contributed by atoms with Gasteiger partial charge >= 0.3 is 0 Å². The van der Waals surface area contributed by atoms with Gasteiger partial charge in [0.15, 0.2) is 5.82 Å². The minimum atomic E-state index is 0.817. The fourth-order valence-electron chi connectivity index (χ4n) is 1.37. The maximum atomic E-state index is 6.31. The zero-order chi connectivity index (χ0) is 11.0. The van der Waals surface area contributed by atoms with E-state index in [1.807, 2.05) is 13.1 Å². The second kappa shape index (κ2) is 4.43. The third kappa shape index (κ3) is 1.94. The highest BCUT2D eigenvalue weighted by Crippen LogP contribution is 2.37. The largest absolute Gasteiger partial charge is 0.359 e. The molecule has 2 nitrogen and oxygen atoms in total. The third-order valence-corrected chi connectivity index (χ3v) is 4.76. The summed E-state index contributed by atoms with van der Waals surface area (Å²) in [5.74, 6) is 0.987. The van der Waals surface area contributed by atoms with Gasteiger partial charge < -0.3 is 4.90 Å². The van der Waals surface area contributed by atoms with Gasteiger partial charge in [0.25, 0.3) is 0 Å². The van der Waals surface area contributed by atoms with Crippen molar-refractivity contribution in [1.29, 1.82) is 0 Å². The summed E-state index contributed by atoms with van der Waals surface area (Å²) in [4.78, 5) is 2.11. The maximum absolute atomic E-state index is 6.31. The molecule has 1 aromatic heterocycles. The first-order valence-electron chi connectivity index (χ1n) is 4.59. The molecule has 0 spiro atoms. The zero-order valence-electron chi connectivity index (χ0n) is 8.42. The normalized spacial score (nSPS) is 10.9. The quantitative estimate of drug-likeness (QED) is 0.759. The first-order chi connectivity index (χ1) is 7.15. The number of rotatable bonds is 2. The first kappa shape index (κ1) is 11.4. The van der Waals surface area contributed by atoms with E-state index in [1.165, 1.54) is 11.5 Å². The highest BCUT2D eigenvalue weighted by molar-refractivity contribution is 14.1. The predicted octanol–water partition coefficient (Wildman–Crippen LogP) is 4.01. The van der Waals surface area contributed by atoms with Crippen LogP contribution in [-0.2, 0) is 0 Å². The van der Waals surface area contributed by atoms with Crippen LogP contribution in [-0.4, -0.2) is 18.0 Å². The van der Waals surface area contributed by atoms with Crippen molar-refractivity contribution in [2.45, 2.75) is 6.92 Å². The molecule has 0 fully saturated rings. The van der Waals surface area contributed by atoms with Crippen molar-refractivity contribution in [3.05, 3.63) is 20.7 Å². The Labute approximate surface area is 112 Å². The van der Waals surface area contributed by atoms with Crippen molar-refractivity contribution in [2.24, 2.45) is 0 Å². The Kier molecular flexibility index (Phi) is 3.37. The van der Waals surface area contributed by atoms with Crippen molar-refractivity contribution in [3.63, 3.8) is 0 Å². The molecule has 0 amide bonds. The van der Waals surface area contributed by atoms with Crippen molar-refractivity contribution in [3.8, 4) is 0 Å². The fraction of sp³-hybridized carbons (Fsp3) is 0.300. The van der Waals surface area contributed by atoms with Crippen molar-refractivity contribution in [2.75, 3.05) is 18.5 Å². The van der Waals surface area contributed by atoms with E-state index >= 15 is 0 Å². The van der Waals surface area contributed by atoms with Crippen LogP contribution in [0.1, 0.15) is 6.92 Å². The lowest BCUT2D eigenvalue weighted by Gasteiger charge is -2.14. The molecule has 0 N–H and O–H groups in total. The second-order valence-corrected chi connectivity index (χ2v) is 5.60. The van der Waals surface area contributed by atoms with Crippen LogP contribution in [0.15, 0.2) is 12.1 Å². The fourth-order valence-corrected chi connectivity index (χ4v) is 2.95. The standard InChI is InChI=1S/C10H10ClIN2S/c1-3-14(2)10-8-7(15-13-10)5-4-6(12)9(8)11/h4-5H,3H2,1-2H3. The van der Waals surface area contributed by atoms with Gasteiger partial charge in [0.2, 0.25) is 0 Å². The summed E-state index contributed by atoms with van der Waals surface area (Å²) < 4.78 is 6.67. The maximum Gasteiger partial charge on any atom is 0.151 e. The highest BCUT2D eigenvalue weighted by Gasteiger charge is 2.14. The van der Waals surface area contributed by atoms with Gasteiger partial charge in [-0.05, 0) is 53.2 Å². The van der Waals surface area contributed by atoms with Crippen LogP contribution >= 0.6 is 45.7 Å². The van der Waals surface area contributed by atoms with E-state index in [-0.39, 0.29) is 0 Å². The SMILES string of the molecule is CCN(C)c1nsc2ccc(I)c(Cl)c12. The number of fused-ring (bicyclic) bond motifs is 1. The molecule has 0 saturated heterocycles. The minimum Gasteiger partial charge on any atom is -0.359 e. The molecule has 0 unspecified atom stereocenters. The lowest BCUT2D eigenvalue weighted by molar-refractivity contribution is 0.958. The molecule has 5 heteroatoms. The summed E-state index contributed by atoms with van der Waals surface area (Å²) in [6, 6.07) is 4.10. The first-order valence-corrected chi connectivity index (χ1v) is 6.82. The van der Waals surface area contributed by atoms with Gasteiger partial charge in [-0.25, -0.2) is 0 Å². The van der Waals surface area contributed by atoms with Crippen LogP contribution in [0, 0.1) is 3.57 Å². The molecule has 80 valence electrons. The van der Waals surface area contributed by atoms with Crippen LogP contribution in [0.25, 0.3) is 10.1 Å². The summed E-state index contributed by atoms with van der Waals surface area (Å²) in [7, 11) is 2.03. The molecular formula is C10H10ClIN2S. The smallest absolute Gasteiger partial charge is 0.151 e. The van der Waals surface area contributed by atoms with Gasteiger partial charge in [0.1, 0.15) is 0 Å². The molecule has 1 aromatic carbocycles. The number of hydrogen-bond acceptors (Lipinski definition) is 3. The molecule has 0 aliphatic rings. The molecule has 0 aliphatic heterocycles. The average molecular weight is 353 g/mol. The minimum absolute atomic E-state index is 0.817. The molecular weight excluding hydrogens is 343 g/mol. The van der Waals surface area contributed by atoms with Gasteiger partial charge in [-0.3, -0.25) is 0 Å². The Hall–Kier alpha value is -0.0700. The second-order valence-electron chi connectivity index (χ2n) is 3.25. The lowest BCUT2D eigenvalue weighted by Crippen LogP contribution is -2.16. The Bertz CT molecular complexity index is 497. The summed E-state index contributed by atoms with van der Waals surface area (Å²) >= 11 is 10.1. The van der Waals surface area contributed by atoms with E-state index in [1.54, 1.807) is 0 Å². The number of hydrogen-bond donors (Lipinski definition) is 0. The number of aromatic nitrogens is 1. The van der Waals surface area contributed by atoms with Gasteiger partial charge in [-0.2, -0.15) is 4.37 Å². The van der Waals surface area contributed by atoms with Gasteiger partial charge in [-0.1, -0.05) is 11.6 Å². The van der Waals surface area contributed by atoms with Gasteiger partial charge in [0, 0.05) is 17.2 Å². The Morgan fingerprint density at radius 1 is 1.53 bits per heavy atom. The lowest BCUT2D eigenvalue weighted by atomic mass is 10.2. The van der Waals surface area contributed by atoms with Crippen molar-refractivity contribution < 1.29 is 0 Å². The molecule has 0 aliphatic carbocycles.